The van der Waals surface area contributed by atoms with Gasteiger partial charge >= 0.3 is 5.97 Å². The van der Waals surface area contributed by atoms with Crippen molar-refractivity contribution in [3.05, 3.63) is 17.0 Å². The number of nitrogens with one attached hydrogen (secondary N) is 1. The molecule has 0 amide bonds. The molecule has 0 atom stereocenters. The topological polar surface area (TPSA) is 90.3 Å². The van der Waals surface area contributed by atoms with Gasteiger partial charge in [-0.3, -0.25) is 9.48 Å². The fourth-order valence-corrected chi connectivity index (χ4v) is 2.87. The Kier molecular flexibility index (Phi) is 5.70. The first-order valence-electron chi connectivity index (χ1n) is 6.30. The van der Waals surface area contributed by atoms with Gasteiger partial charge in [0.05, 0.1) is 18.6 Å². The van der Waals surface area contributed by atoms with Crippen LogP contribution in [0.3, 0.4) is 0 Å². The number of ether oxygens (including phenoxy) is 1. The maximum atomic E-state index is 11.8. The molecule has 20 heavy (non-hydrogen) atoms. The second-order valence-corrected chi connectivity index (χ2v) is 6.52. The zero-order chi connectivity index (χ0) is 15.3. The van der Waals surface area contributed by atoms with Crippen LogP contribution in [0.15, 0.2) is 0 Å². The highest BCUT2D eigenvalue weighted by molar-refractivity contribution is 7.89. The summed E-state index contributed by atoms with van der Waals surface area (Å²) in [4.78, 5) is 10.9. The van der Waals surface area contributed by atoms with Crippen molar-refractivity contribution >= 4 is 16.0 Å². The second kappa shape index (κ2) is 6.85. The Labute approximate surface area is 119 Å². The van der Waals surface area contributed by atoms with Crippen molar-refractivity contribution in [1.29, 1.82) is 0 Å². The van der Waals surface area contributed by atoms with Gasteiger partial charge in [-0.1, -0.05) is 0 Å². The highest BCUT2D eigenvalue weighted by Crippen LogP contribution is 2.11. The lowest BCUT2D eigenvalue weighted by molar-refractivity contribution is -0.140. The Morgan fingerprint density at radius 3 is 2.55 bits per heavy atom. The molecule has 0 fully saturated rings. The zero-order valence-electron chi connectivity index (χ0n) is 12.3. The van der Waals surface area contributed by atoms with Crippen molar-refractivity contribution < 1.29 is 17.9 Å². The minimum absolute atomic E-state index is 0.0968. The van der Waals surface area contributed by atoms with Crippen molar-refractivity contribution in [3.8, 4) is 0 Å². The average Bonchev–Trinajstić information content (AvgIpc) is 2.61. The van der Waals surface area contributed by atoms with Gasteiger partial charge in [0.2, 0.25) is 10.0 Å². The van der Waals surface area contributed by atoms with Crippen LogP contribution in [0.1, 0.15) is 29.8 Å². The summed E-state index contributed by atoms with van der Waals surface area (Å²) in [6.45, 7) is 3.95. The number of aryl methyl sites for hydroxylation is 2. The van der Waals surface area contributed by atoms with Gasteiger partial charge in [-0.05, 0) is 20.3 Å². The standard InChI is InChI=1S/C12H21N3O4S/c1-9-11(10(2)15(3)14-9)8-13-20(17,18)7-5-6-12(16)19-4/h13H,5-8H2,1-4H3. The molecule has 7 nitrogen and oxygen atoms in total. The Hall–Kier alpha value is -1.41. The smallest absolute Gasteiger partial charge is 0.305 e. The van der Waals surface area contributed by atoms with Crippen LogP contribution in [0.25, 0.3) is 0 Å². The number of carbonyl (C=O) groups is 1. The summed E-state index contributed by atoms with van der Waals surface area (Å²) in [5.41, 5.74) is 2.62. The van der Waals surface area contributed by atoms with Crippen molar-refractivity contribution in [2.75, 3.05) is 12.9 Å². The Balaban J connectivity index is 2.53. The fourth-order valence-electron chi connectivity index (χ4n) is 1.84. The molecule has 0 aliphatic rings. The summed E-state index contributed by atoms with van der Waals surface area (Å²) in [7, 11) is -0.306. The van der Waals surface area contributed by atoms with Crippen LogP contribution in [0.2, 0.25) is 0 Å². The summed E-state index contributed by atoms with van der Waals surface area (Å²) in [6.07, 6.45) is 0.343. The van der Waals surface area contributed by atoms with E-state index in [0.29, 0.717) is 0 Å². The molecule has 114 valence electrons. The lowest BCUT2D eigenvalue weighted by Crippen LogP contribution is -2.26. The van der Waals surface area contributed by atoms with E-state index in [1.54, 1.807) is 4.68 Å². The molecular weight excluding hydrogens is 282 g/mol. The molecule has 1 heterocycles. The van der Waals surface area contributed by atoms with Gasteiger partial charge in [0.15, 0.2) is 0 Å². The molecule has 0 spiro atoms. The van der Waals surface area contributed by atoms with E-state index in [4.69, 9.17) is 0 Å². The van der Waals surface area contributed by atoms with Gasteiger partial charge in [-0.25, -0.2) is 13.1 Å². The third-order valence-electron chi connectivity index (χ3n) is 3.15. The van der Waals surface area contributed by atoms with E-state index in [-0.39, 0.29) is 25.1 Å². The molecule has 1 aromatic heterocycles. The molecule has 0 saturated heterocycles. The van der Waals surface area contributed by atoms with E-state index < -0.39 is 16.0 Å². The van der Waals surface area contributed by atoms with Gasteiger partial charge < -0.3 is 4.74 Å². The summed E-state index contributed by atoms with van der Waals surface area (Å²) in [5.74, 6) is -0.500. The van der Waals surface area contributed by atoms with Crippen molar-refractivity contribution in [2.45, 2.75) is 33.2 Å². The molecule has 1 aromatic rings. The van der Waals surface area contributed by atoms with Gasteiger partial charge in [-0.2, -0.15) is 5.10 Å². The van der Waals surface area contributed by atoms with Gasteiger partial charge in [0.1, 0.15) is 0 Å². The third-order valence-corrected chi connectivity index (χ3v) is 4.56. The summed E-state index contributed by atoms with van der Waals surface area (Å²) in [5, 5.41) is 4.23. The van der Waals surface area contributed by atoms with Crippen molar-refractivity contribution in [3.63, 3.8) is 0 Å². The van der Waals surface area contributed by atoms with Crippen LogP contribution in [0.5, 0.6) is 0 Å². The molecule has 8 heteroatoms. The quantitative estimate of drug-likeness (QED) is 0.737. The molecule has 0 aromatic carbocycles. The van der Waals surface area contributed by atoms with Gasteiger partial charge in [-0.15, -0.1) is 0 Å². The van der Waals surface area contributed by atoms with Crippen LogP contribution >= 0.6 is 0 Å². The van der Waals surface area contributed by atoms with Crippen molar-refractivity contribution in [1.82, 2.24) is 14.5 Å². The lowest BCUT2D eigenvalue weighted by atomic mass is 10.2. The number of hydrogen-bond donors (Lipinski definition) is 1. The number of sulfonamides is 1. The summed E-state index contributed by atoms with van der Waals surface area (Å²) < 4.78 is 32.3. The van der Waals surface area contributed by atoms with Gasteiger partial charge in [0.25, 0.3) is 0 Å². The molecule has 0 bridgehead atoms. The predicted octanol–water partition coefficient (Wildman–Crippen LogP) is 0.410. The molecular formula is C12H21N3O4S. The average molecular weight is 303 g/mol. The Morgan fingerprint density at radius 2 is 2.05 bits per heavy atom. The lowest BCUT2D eigenvalue weighted by Gasteiger charge is -2.07. The highest BCUT2D eigenvalue weighted by atomic mass is 32.2. The predicted molar refractivity (Wildman–Crippen MR) is 74.6 cm³/mol. The molecule has 1 rings (SSSR count). The highest BCUT2D eigenvalue weighted by Gasteiger charge is 2.15. The Morgan fingerprint density at radius 1 is 1.40 bits per heavy atom. The van der Waals surface area contributed by atoms with E-state index in [1.165, 1.54) is 7.11 Å². The van der Waals surface area contributed by atoms with E-state index in [2.05, 4.69) is 14.6 Å². The normalized spacial score (nSPS) is 11.6. The minimum atomic E-state index is -3.40. The first kappa shape index (κ1) is 16.6. The summed E-state index contributed by atoms with van der Waals surface area (Å²) in [6, 6.07) is 0. The molecule has 0 radical (unpaired) electrons. The number of hydrogen-bond acceptors (Lipinski definition) is 5. The fraction of sp³-hybridized carbons (Fsp3) is 0.667. The van der Waals surface area contributed by atoms with Crippen LogP contribution in [0.4, 0.5) is 0 Å². The van der Waals surface area contributed by atoms with E-state index in [1.807, 2.05) is 20.9 Å². The minimum Gasteiger partial charge on any atom is -0.469 e. The maximum Gasteiger partial charge on any atom is 0.305 e. The second-order valence-electron chi connectivity index (χ2n) is 4.59. The summed E-state index contributed by atoms with van der Waals surface area (Å²) >= 11 is 0. The molecule has 0 saturated carbocycles. The monoisotopic (exact) mass is 303 g/mol. The van der Waals surface area contributed by atoms with E-state index >= 15 is 0 Å². The van der Waals surface area contributed by atoms with Crippen LogP contribution < -0.4 is 4.72 Å². The van der Waals surface area contributed by atoms with Crippen molar-refractivity contribution in [2.24, 2.45) is 7.05 Å². The van der Waals surface area contributed by atoms with Crippen LogP contribution in [-0.2, 0) is 33.1 Å². The van der Waals surface area contributed by atoms with Crippen LogP contribution in [0, 0.1) is 13.8 Å². The zero-order valence-corrected chi connectivity index (χ0v) is 13.1. The molecule has 1 N–H and O–H groups in total. The first-order chi connectivity index (χ1) is 9.26. The van der Waals surface area contributed by atoms with Crippen LogP contribution in [-0.4, -0.2) is 37.0 Å². The molecule has 0 aliphatic carbocycles. The number of aromatic nitrogens is 2. The number of rotatable bonds is 7. The van der Waals surface area contributed by atoms with E-state index in [0.717, 1.165) is 17.0 Å². The van der Waals surface area contributed by atoms with Gasteiger partial charge in [0, 0.05) is 31.3 Å². The SMILES string of the molecule is COC(=O)CCCS(=O)(=O)NCc1c(C)nn(C)c1C. The number of nitrogens with zero attached hydrogens (tertiary/aromatic N) is 2. The largest absolute Gasteiger partial charge is 0.469 e. The first-order valence-corrected chi connectivity index (χ1v) is 7.95. The third kappa shape index (κ3) is 4.61. The van der Waals surface area contributed by atoms with E-state index in [9.17, 15) is 13.2 Å². The molecule has 0 aliphatic heterocycles. The number of esters is 1. The molecule has 0 unspecified atom stereocenters. The number of carbonyl (C=O) groups excluding carboxylic acids is 1. The Bertz CT molecular complexity index is 578. The maximum absolute atomic E-state index is 11.8. The number of methoxy groups -OCH3 is 1.